The number of pyridine rings is 1. The summed E-state index contributed by atoms with van der Waals surface area (Å²) in [5.41, 5.74) is 1.12. The van der Waals surface area contributed by atoms with Crippen LogP contribution in [-0.4, -0.2) is 17.2 Å². The molecular formula is C12H14N2. The SMILES string of the molecule is CCC1N=CC=CC1c1ccccn1. The van der Waals surface area contributed by atoms with E-state index in [-0.39, 0.29) is 0 Å². The summed E-state index contributed by atoms with van der Waals surface area (Å²) in [6, 6.07) is 6.40. The quantitative estimate of drug-likeness (QED) is 0.697. The van der Waals surface area contributed by atoms with Crippen LogP contribution in [-0.2, 0) is 0 Å². The molecule has 1 aliphatic heterocycles. The summed E-state index contributed by atoms with van der Waals surface area (Å²) in [6.45, 7) is 2.16. The van der Waals surface area contributed by atoms with E-state index in [2.05, 4.69) is 29.0 Å². The van der Waals surface area contributed by atoms with Gasteiger partial charge in [-0.25, -0.2) is 0 Å². The van der Waals surface area contributed by atoms with Crippen molar-refractivity contribution in [3.05, 3.63) is 42.2 Å². The minimum Gasteiger partial charge on any atom is -0.289 e. The smallest absolute Gasteiger partial charge is 0.0615 e. The van der Waals surface area contributed by atoms with E-state index >= 15 is 0 Å². The summed E-state index contributed by atoms with van der Waals surface area (Å²) in [4.78, 5) is 8.83. The van der Waals surface area contributed by atoms with Crippen molar-refractivity contribution in [3.8, 4) is 0 Å². The number of aliphatic imine (C=N–C) groups is 1. The highest BCUT2D eigenvalue weighted by Gasteiger charge is 2.20. The first-order valence-electron chi connectivity index (χ1n) is 5.02. The van der Waals surface area contributed by atoms with Crippen LogP contribution in [0, 0.1) is 0 Å². The first kappa shape index (κ1) is 9.13. The molecule has 2 unspecified atom stereocenters. The third kappa shape index (κ3) is 1.74. The van der Waals surface area contributed by atoms with E-state index in [0.717, 1.165) is 12.1 Å². The highest BCUT2D eigenvalue weighted by molar-refractivity contribution is 5.72. The Morgan fingerprint density at radius 3 is 3.00 bits per heavy atom. The summed E-state index contributed by atoms with van der Waals surface area (Å²) in [6.07, 6.45) is 8.97. The fourth-order valence-electron chi connectivity index (χ4n) is 1.78. The van der Waals surface area contributed by atoms with Crippen LogP contribution < -0.4 is 0 Å². The fraction of sp³-hybridized carbons (Fsp3) is 0.333. The zero-order valence-corrected chi connectivity index (χ0v) is 8.30. The Labute approximate surface area is 84.4 Å². The number of nitrogens with zero attached hydrogens (tertiary/aromatic N) is 2. The molecule has 0 saturated heterocycles. The monoisotopic (exact) mass is 186 g/mol. The third-order valence-electron chi connectivity index (χ3n) is 2.54. The Morgan fingerprint density at radius 2 is 2.29 bits per heavy atom. The van der Waals surface area contributed by atoms with Gasteiger partial charge in [-0.15, -0.1) is 0 Å². The molecule has 2 nitrogen and oxygen atoms in total. The average molecular weight is 186 g/mol. The van der Waals surface area contributed by atoms with Crippen molar-refractivity contribution < 1.29 is 0 Å². The van der Waals surface area contributed by atoms with E-state index in [4.69, 9.17) is 0 Å². The predicted molar refractivity (Wildman–Crippen MR) is 58.7 cm³/mol. The molecule has 0 fully saturated rings. The van der Waals surface area contributed by atoms with Crippen LogP contribution in [0.5, 0.6) is 0 Å². The molecule has 2 atom stereocenters. The van der Waals surface area contributed by atoms with E-state index in [1.807, 2.05) is 30.6 Å². The number of dihydropyridines is 1. The molecule has 1 aliphatic rings. The van der Waals surface area contributed by atoms with Crippen molar-refractivity contribution in [3.63, 3.8) is 0 Å². The summed E-state index contributed by atoms with van der Waals surface area (Å²) in [5, 5.41) is 0. The van der Waals surface area contributed by atoms with Gasteiger partial charge < -0.3 is 0 Å². The zero-order valence-electron chi connectivity index (χ0n) is 8.30. The maximum atomic E-state index is 4.45. The minimum absolute atomic E-state index is 0.353. The maximum Gasteiger partial charge on any atom is 0.0615 e. The first-order chi connectivity index (χ1) is 6.92. The van der Waals surface area contributed by atoms with Crippen LogP contribution in [0.3, 0.4) is 0 Å². The van der Waals surface area contributed by atoms with Crippen LogP contribution in [0.25, 0.3) is 0 Å². The van der Waals surface area contributed by atoms with E-state index in [1.54, 1.807) is 0 Å². The summed E-state index contributed by atoms with van der Waals surface area (Å²) < 4.78 is 0. The zero-order chi connectivity index (χ0) is 9.80. The van der Waals surface area contributed by atoms with Gasteiger partial charge in [0.05, 0.1) is 6.04 Å². The lowest BCUT2D eigenvalue weighted by molar-refractivity contribution is 0.579. The molecule has 0 amide bonds. The standard InChI is InChI=1S/C12H14N2/c1-2-11-10(6-5-9-13-11)12-7-3-4-8-14-12/h3-11H,2H2,1H3. The number of aromatic nitrogens is 1. The Balaban J connectivity index is 2.25. The molecule has 0 spiro atoms. The van der Waals surface area contributed by atoms with Gasteiger partial charge in [0.1, 0.15) is 0 Å². The van der Waals surface area contributed by atoms with Gasteiger partial charge in [0.25, 0.3) is 0 Å². The lowest BCUT2D eigenvalue weighted by Gasteiger charge is -2.21. The Morgan fingerprint density at radius 1 is 1.36 bits per heavy atom. The first-order valence-corrected chi connectivity index (χ1v) is 5.02. The lowest BCUT2D eigenvalue weighted by atomic mass is 9.92. The van der Waals surface area contributed by atoms with Crippen LogP contribution in [0.4, 0.5) is 0 Å². The van der Waals surface area contributed by atoms with E-state index in [1.165, 1.54) is 0 Å². The molecule has 0 aliphatic carbocycles. The Kier molecular flexibility index (Phi) is 2.73. The molecule has 14 heavy (non-hydrogen) atoms. The second-order valence-electron chi connectivity index (χ2n) is 3.44. The van der Waals surface area contributed by atoms with Gasteiger partial charge in [0.15, 0.2) is 0 Å². The van der Waals surface area contributed by atoms with Gasteiger partial charge in [0, 0.05) is 24.0 Å². The molecule has 0 bridgehead atoms. The van der Waals surface area contributed by atoms with Crippen LogP contribution in [0.1, 0.15) is 25.0 Å². The molecule has 0 radical (unpaired) electrons. The summed E-state index contributed by atoms with van der Waals surface area (Å²) in [7, 11) is 0. The minimum atomic E-state index is 0.353. The number of hydrogen-bond acceptors (Lipinski definition) is 2. The highest BCUT2D eigenvalue weighted by Crippen LogP contribution is 2.25. The van der Waals surface area contributed by atoms with Gasteiger partial charge in [-0.1, -0.05) is 19.1 Å². The van der Waals surface area contributed by atoms with Gasteiger partial charge >= 0.3 is 0 Å². The van der Waals surface area contributed by atoms with Gasteiger partial charge in [-0.05, 0) is 24.6 Å². The van der Waals surface area contributed by atoms with Crippen LogP contribution in [0.2, 0.25) is 0 Å². The molecule has 2 heteroatoms. The summed E-state index contributed by atoms with van der Waals surface area (Å²) >= 11 is 0. The lowest BCUT2D eigenvalue weighted by Crippen LogP contribution is -2.17. The molecule has 2 heterocycles. The number of rotatable bonds is 2. The van der Waals surface area contributed by atoms with Gasteiger partial charge in [-0.2, -0.15) is 0 Å². The molecule has 1 aromatic heterocycles. The third-order valence-corrected chi connectivity index (χ3v) is 2.54. The van der Waals surface area contributed by atoms with Crippen molar-refractivity contribution in [2.24, 2.45) is 4.99 Å². The number of allylic oxidation sites excluding steroid dienone is 1. The maximum absolute atomic E-state index is 4.45. The van der Waals surface area contributed by atoms with Crippen LogP contribution >= 0.6 is 0 Å². The van der Waals surface area contributed by atoms with E-state index < -0.39 is 0 Å². The van der Waals surface area contributed by atoms with E-state index in [0.29, 0.717) is 12.0 Å². The largest absolute Gasteiger partial charge is 0.289 e. The Bertz CT molecular complexity index is 341. The molecule has 0 N–H and O–H groups in total. The summed E-state index contributed by atoms with van der Waals surface area (Å²) in [5.74, 6) is 0.353. The predicted octanol–water partition coefficient (Wildman–Crippen LogP) is 2.58. The van der Waals surface area contributed by atoms with Crippen molar-refractivity contribution in [2.45, 2.75) is 25.3 Å². The van der Waals surface area contributed by atoms with E-state index in [9.17, 15) is 0 Å². The van der Waals surface area contributed by atoms with Crippen molar-refractivity contribution >= 4 is 6.21 Å². The molecule has 72 valence electrons. The molecule has 0 saturated carbocycles. The normalized spacial score (nSPS) is 25.2. The topological polar surface area (TPSA) is 25.2 Å². The highest BCUT2D eigenvalue weighted by atomic mass is 14.8. The fourth-order valence-corrected chi connectivity index (χ4v) is 1.78. The second kappa shape index (κ2) is 4.18. The number of hydrogen-bond donors (Lipinski definition) is 0. The molecule has 2 rings (SSSR count). The Hall–Kier alpha value is -1.44. The van der Waals surface area contributed by atoms with Gasteiger partial charge in [-0.3, -0.25) is 9.98 Å². The second-order valence-corrected chi connectivity index (χ2v) is 3.44. The molecule has 1 aromatic rings. The van der Waals surface area contributed by atoms with Crippen molar-refractivity contribution in [1.29, 1.82) is 0 Å². The average Bonchev–Trinajstić information content (AvgIpc) is 2.30. The molecular weight excluding hydrogens is 172 g/mol. The van der Waals surface area contributed by atoms with Gasteiger partial charge in [0.2, 0.25) is 0 Å². The van der Waals surface area contributed by atoms with Crippen molar-refractivity contribution in [2.75, 3.05) is 0 Å². The van der Waals surface area contributed by atoms with Crippen molar-refractivity contribution in [1.82, 2.24) is 4.98 Å². The molecule has 0 aromatic carbocycles. The van der Waals surface area contributed by atoms with Crippen LogP contribution in [0.15, 0.2) is 41.5 Å².